The highest BCUT2D eigenvalue weighted by molar-refractivity contribution is 6.06. The molecule has 0 unspecified atom stereocenters. The molecule has 1 aromatic carbocycles. The standard InChI is InChI=1S/C17H18N6O/c18-8-7-14(24)20-9-3-4-10-23-11-21-15-16(23)12-5-1-2-6-13(12)22-17(15)19/h1-2,5-6,11H,3-4,7,9-10H2,(H2,19,22)(H,20,24). The summed E-state index contributed by atoms with van der Waals surface area (Å²) in [6, 6.07) is 9.70. The Morgan fingerprint density at radius 3 is 3.00 bits per heavy atom. The van der Waals surface area contributed by atoms with E-state index in [0.717, 1.165) is 41.3 Å². The third-order valence-electron chi connectivity index (χ3n) is 3.87. The molecule has 3 N–H and O–H groups in total. The molecule has 0 fully saturated rings. The maximum absolute atomic E-state index is 11.2. The van der Waals surface area contributed by atoms with Crippen LogP contribution in [0.3, 0.4) is 0 Å². The maximum Gasteiger partial charge on any atom is 0.234 e. The smallest absolute Gasteiger partial charge is 0.234 e. The quantitative estimate of drug-likeness (QED) is 0.674. The number of carbonyl (C=O) groups is 1. The summed E-state index contributed by atoms with van der Waals surface area (Å²) in [5.74, 6) is 0.210. The summed E-state index contributed by atoms with van der Waals surface area (Å²) in [6.07, 6.45) is 3.40. The minimum absolute atomic E-state index is 0.0928. The normalized spacial score (nSPS) is 10.8. The number of nitriles is 1. The number of rotatable bonds is 6. The van der Waals surface area contributed by atoms with Gasteiger partial charge in [0.05, 0.1) is 23.4 Å². The summed E-state index contributed by atoms with van der Waals surface area (Å²) < 4.78 is 2.08. The van der Waals surface area contributed by atoms with Crippen molar-refractivity contribution in [3.63, 3.8) is 0 Å². The van der Waals surface area contributed by atoms with Gasteiger partial charge in [-0.3, -0.25) is 4.79 Å². The molecule has 0 bridgehead atoms. The molecule has 0 saturated carbocycles. The number of amides is 1. The van der Waals surface area contributed by atoms with Gasteiger partial charge in [-0.25, -0.2) is 9.97 Å². The molecule has 2 heterocycles. The molecular weight excluding hydrogens is 304 g/mol. The van der Waals surface area contributed by atoms with Gasteiger partial charge in [-0.2, -0.15) is 5.26 Å². The van der Waals surface area contributed by atoms with E-state index in [1.165, 1.54) is 0 Å². The van der Waals surface area contributed by atoms with Gasteiger partial charge in [-0.1, -0.05) is 18.2 Å². The number of pyridine rings is 1. The monoisotopic (exact) mass is 322 g/mol. The van der Waals surface area contributed by atoms with Gasteiger partial charge in [0.2, 0.25) is 5.91 Å². The molecule has 1 amide bonds. The Morgan fingerprint density at radius 2 is 2.17 bits per heavy atom. The Balaban J connectivity index is 1.72. The first-order valence-electron chi connectivity index (χ1n) is 7.83. The number of aromatic nitrogens is 3. The predicted octanol–water partition coefficient (Wildman–Crippen LogP) is 1.98. The first-order valence-corrected chi connectivity index (χ1v) is 7.83. The Morgan fingerprint density at radius 1 is 1.33 bits per heavy atom. The van der Waals surface area contributed by atoms with E-state index >= 15 is 0 Å². The van der Waals surface area contributed by atoms with Crippen molar-refractivity contribution in [2.45, 2.75) is 25.8 Å². The number of aryl methyl sites for hydroxylation is 1. The fourth-order valence-electron chi connectivity index (χ4n) is 2.74. The lowest BCUT2D eigenvalue weighted by molar-refractivity contribution is -0.120. The molecule has 7 nitrogen and oxygen atoms in total. The van der Waals surface area contributed by atoms with E-state index in [4.69, 9.17) is 11.0 Å². The van der Waals surface area contributed by atoms with E-state index in [2.05, 4.69) is 19.9 Å². The second-order valence-electron chi connectivity index (χ2n) is 5.54. The van der Waals surface area contributed by atoms with Crippen molar-refractivity contribution in [2.75, 3.05) is 12.3 Å². The number of para-hydroxylation sites is 1. The van der Waals surface area contributed by atoms with Crippen LogP contribution in [0.15, 0.2) is 30.6 Å². The molecule has 0 aliphatic rings. The van der Waals surface area contributed by atoms with Gasteiger partial charge >= 0.3 is 0 Å². The van der Waals surface area contributed by atoms with Crippen LogP contribution in [0, 0.1) is 11.3 Å². The fourth-order valence-corrected chi connectivity index (χ4v) is 2.74. The number of carbonyl (C=O) groups excluding carboxylic acids is 1. The van der Waals surface area contributed by atoms with Gasteiger partial charge < -0.3 is 15.6 Å². The number of fused-ring (bicyclic) bond motifs is 3. The Hall–Kier alpha value is -3.14. The molecule has 0 spiro atoms. The molecular formula is C17H18N6O. The minimum Gasteiger partial charge on any atom is -0.382 e. The Kier molecular flexibility index (Phi) is 4.57. The van der Waals surface area contributed by atoms with Gasteiger partial charge in [-0.05, 0) is 18.9 Å². The van der Waals surface area contributed by atoms with E-state index < -0.39 is 0 Å². The number of benzene rings is 1. The van der Waals surface area contributed by atoms with Gasteiger partial charge in [0.1, 0.15) is 11.9 Å². The molecule has 122 valence electrons. The van der Waals surface area contributed by atoms with Crippen LogP contribution in [0.25, 0.3) is 21.9 Å². The second kappa shape index (κ2) is 6.96. The van der Waals surface area contributed by atoms with Crippen LogP contribution in [0.4, 0.5) is 5.82 Å². The molecule has 2 aromatic heterocycles. The van der Waals surface area contributed by atoms with Crippen molar-refractivity contribution in [3.8, 4) is 6.07 Å². The average Bonchev–Trinajstić information content (AvgIpc) is 3.00. The molecule has 7 heteroatoms. The van der Waals surface area contributed by atoms with Gasteiger partial charge in [-0.15, -0.1) is 0 Å². The van der Waals surface area contributed by atoms with Gasteiger partial charge in [0, 0.05) is 18.5 Å². The lowest BCUT2D eigenvalue weighted by atomic mass is 10.2. The summed E-state index contributed by atoms with van der Waals surface area (Å²) in [4.78, 5) is 20.0. The van der Waals surface area contributed by atoms with E-state index in [9.17, 15) is 4.79 Å². The van der Waals surface area contributed by atoms with Gasteiger partial charge in [0.25, 0.3) is 0 Å². The third-order valence-corrected chi connectivity index (χ3v) is 3.87. The molecule has 0 aliphatic carbocycles. The largest absolute Gasteiger partial charge is 0.382 e. The van der Waals surface area contributed by atoms with E-state index in [1.54, 1.807) is 6.33 Å². The van der Waals surface area contributed by atoms with Crippen molar-refractivity contribution in [1.82, 2.24) is 19.9 Å². The summed E-state index contributed by atoms with van der Waals surface area (Å²) in [5, 5.41) is 12.2. The molecule has 3 aromatic rings. The number of hydrogen-bond donors (Lipinski definition) is 2. The lowest BCUT2D eigenvalue weighted by Gasteiger charge is -2.08. The number of unbranched alkanes of at least 4 members (excludes halogenated alkanes) is 1. The van der Waals surface area contributed by atoms with E-state index in [-0.39, 0.29) is 12.3 Å². The van der Waals surface area contributed by atoms with Crippen molar-refractivity contribution in [3.05, 3.63) is 30.6 Å². The molecule has 0 aliphatic heterocycles. The zero-order chi connectivity index (χ0) is 16.9. The van der Waals surface area contributed by atoms with Crippen LogP contribution in [0.5, 0.6) is 0 Å². The number of nitrogens with one attached hydrogen (secondary N) is 1. The molecule has 24 heavy (non-hydrogen) atoms. The highest BCUT2D eigenvalue weighted by Gasteiger charge is 2.11. The summed E-state index contributed by atoms with van der Waals surface area (Å²) in [6.45, 7) is 1.34. The zero-order valence-electron chi connectivity index (χ0n) is 13.2. The Bertz CT molecular complexity index is 924. The fraction of sp³-hybridized carbons (Fsp3) is 0.294. The van der Waals surface area contributed by atoms with E-state index in [1.807, 2.05) is 30.3 Å². The highest BCUT2D eigenvalue weighted by atomic mass is 16.1. The van der Waals surface area contributed by atoms with Crippen molar-refractivity contribution in [1.29, 1.82) is 5.26 Å². The van der Waals surface area contributed by atoms with Crippen LogP contribution >= 0.6 is 0 Å². The van der Waals surface area contributed by atoms with Crippen LogP contribution in [0.2, 0.25) is 0 Å². The van der Waals surface area contributed by atoms with Crippen molar-refractivity contribution in [2.24, 2.45) is 0 Å². The summed E-state index contributed by atoms with van der Waals surface area (Å²) in [5.41, 5.74) is 8.58. The van der Waals surface area contributed by atoms with Crippen LogP contribution in [0.1, 0.15) is 19.3 Å². The number of anilines is 1. The predicted molar refractivity (Wildman–Crippen MR) is 91.9 cm³/mol. The molecule has 0 saturated heterocycles. The second-order valence-corrected chi connectivity index (χ2v) is 5.54. The number of nitrogen functional groups attached to an aromatic ring is 1. The molecule has 0 atom stereocenters. The average molecular weight is 322 g/mol. The first-order chi connectivity index (χ1) is 11.7. The topological polar surface area (TPSA) is 110 Å². The third kappa shape index (κ3) is 3.13. The number of nitrogens with two attached hydrogens (primary N) is 1. The number of hydrogen-bond acceptors (Lipinski definition) is 5. The first kappa shape index (κ1) is 15.7. The molecule has 3 rings (SSSR count). The van der Waals surface area contributed by atoms with Crippen LogP contribution < -0.4 is 11.1 Å². The van der Waals surface area contributed by atoms with Crippen molar-refractivity contribution >= 4 is 33.7 Å². The number of imidazole rings is 1. The maximum atomic E-state index is 11.2. The van der Waals surface area contributed by atoms with Gasteiger partial charge in [0.15, 0.2) is 5.82 Å². The zero-order valence-corrected chi connectivity index (χ0v) is 13.2. The Labute approximate surface area is 139 Å². The van der Waals surface area contributed by atoms with Crippen LogP contribution in [-0.4, -0.2) is 27.0 Å². The summed E-state index contributed by atoms with van der Waals surface area (Å²) >= 11 is 0. The van der Waals surface area contributed by atoms with Crippen molar-refractivity contribution < 1.29 is 4.79 Å². The minimum atomic E-state index is -0.226. The SMILES string of the molecule is N#CCC(=O)NCCCCn1cnc2c(N)nc3ccccc3c21. The summed E-state index contributed by atoms with van der Waals surface area (Å²) in [7, 11) is 0. The lowest BCUT2D eigenvalue weighted by Crippen LogP contribution is -2.23. The van der Waals surface area contributed by atoms with Crippen LogP contribution in [-0.2, 0) is 11.3 Å². The number of nitrogens with zero attached hydrogens (tertiary/aromatic N) is 4. The van der Waals surface area contributed by atoms with E-state index in [0.29, 0.717) is 12.4 Å². The highest BCUT2D eigenvalue weighted by Crippen LogP contribution is 2.27. The molecule has 0 radical (unpaired) electrons.